The summed E-state index contributed by atoms with van der Waals surface area (Å²) in [5, 5.41) is 0. The van der Waals surface area contributed by atoms with Crippen LogP contribution in [-0.4, -0.2) is 0 Å². The summed E-state index contributed by atoms with van der Waals surface area (Å²) in [4.78, 5) is 0. The molecule has 4 aromatic rings. The van der Waals surface area contributed by atoms with Crippen LogP contribution in [0.1, 0.15) is 0 Å². The van der Waals surface area contributed by atoms with Crippen LogP contribution in [0.2, 0.25) is 0 Å². The van der Waals surface area contributed by atoms with Crippen molar-refractivity contribution in [2.24, 2.45) is 0 Å². The number of hydrogen-bond donors (Lipinski definition) is 0. The molecule has 4 rings (SSSR count). The highest BCUT2D eigenvalue weighted by Gasteiger charge is 2.05. The van der Waals surface area contributed by atoms with Crippen LogP contribution in [0.3, 0.4) is 0 Å². The van der Waals surface area contributed by atoms with E-state index in [1.807, 2.05) is 60.7 Å². The quantitative estimate of drug-likeness (QED) is 0.285. The topological polar surface area (TPSA) is 9.23 Å². The van der Waals surface area contributed by atoms with Crippen molar-refractivity contribution >= 4 is 31.9 Å². The summed E-state index contributed by atoms with van der Waals surface area (Å²) < 4.78 is 8.17. The van der Waals surface area contributed by atoms with Crippen molar-refractivity contribution < 1.29 is 4.74 Å². The van der Waals surface area contributed by atoms with Crippen molar-refractivity contribution in [1.82, 2.24) is 0 Å². The Morgan fingerprint density at radius 1 is 0.444 bits per heavy atom. The summed E-state index contributed by atoms with van der Waals surface area (Å²) in [5.74, 6) is 1.64. The summed E-state index contributed by atoms with van der Waals surface area (Å²) in [6.45, 7) is 0. The monoisotopic (exact) mass is 478 g/mol. The van der Waals surface area contributed by atoms with Gasteiger partial charge in [0.05, 0.1) is 0 Å². The van der Waals surface area contributed by atoms with Crippen molar-refractivity contribution in [3.8, 4) is 33.8 Å². The molecule has 27 heavy (non-hydrogen) atoms. The van der Waals surface area contributed by atoms with E-state index in [2.05, 4.69) is 68.3 Å². The van der Waals surface area contributed by atoms with Crippen LogP contribution in [0, 0.1) is 0 Å². The third-order valence-corrected chi connectivity index (χ3v) is 5.70. The molecule has 0 heterocycles. The van der Waals surface area contributed by atoms with Gasteiger partial charge in [0.2, 0.25) is 0 Å². The van der Waals surface area contributed by atoms with E-state index in [1.54, 1.807) is 0 Å². The molecule has 0 bridgehead atoms. The van der Waals surface area contributed by atoms with Crippen LogP contribution >= 0.6 is 31.9 Å². The molecule has 0 aliphatic heterocycles. The Balaban J connectivity index is 1.51. The lowest BCUT2D eigenvalue weighted by atomic mass is 10.1. The molecular formula is C24H16Br2O. The Hall–Kier alpha value is -2.36. The Labute approximate surface area is 175 Å². The number of ether oxygens (including phenoxy) is 1. The van der Waals surface area contributed by atoms with Gasteiger partial charge in [-0.3, -0.25) is 0 Å². The Morgan fingerprint density at radius 3 is 1.19 bits per heavy atom. The SMILES string of the molecule is Brc1ccccc1-c1ccc(Oc2ccc(-c3ccccc3Br)cc2)cc1. The first kappa shape index (κ1) is 18.0. The highest BCUT2D eigenvalue weighted by Crippen LogP contribution is 2.32. The van der Waals surface area contributed by atoms with Crippen LogP contribution in [0.15, 0.2) is 106 Å². The van der Waals surface area contributed by atoms with E-state index in [0.717, 1.165) is 31.6 Å². The first-order chi connectivity index (χ1) is 13.2. The van der Waals surface area contributed by atoms with Crippen LogP contribution in [0.25, 0.3) is 22.3 Å². The van der Waals surface area contributed by atoms with Gasteiger partial charge in [0.1, 0.15) is 11.5 Å². The Kier molecular flexibility index (Phi) is 5.42. The molecule has 0 radical (unpaired) electrons. The summed E-state index contributed by atoms with van der Waals surface area (Å²) in [7, 11) is 0. The summed E-state index contributed by atoms with van der Waals surface area (Å²) in [5.41, 5.74) is 4.64. The van der Waals surface area contributed by atoms with Crippen LogP contribution in [-0.2, 0) is 0 Å². The molecule has 0 saturated carbocycles. The fraction of sp³-hybridized carbons (Fsp3) is 0. The number of rotatable bonds is 4. The lowest BCUT2D eigenvalue weighted by molar-refractivity contribution is 0.483. The minimum atomic E-state index is 0.819. The largest absolute Gasteiger partial charge is 0.457 e. The van der Waals surface area contributed by atoms with E-state index in [9.17, 15) is 0 Å². The second-order valence-corrected chi connectivity index (χ2v) is 7.82. The molecule has 1 nitrogen and oxygen atoms in total. The van der Waals surface area contributed by atoms with Gasteiger partial charge >= 0.3 is 0 Å². The average Bonchev–Trinajstić information content (AvgIpc) is 2.70. The minimum absolute atomic E-state index is 0.819. The third-order valence-electron chi connectivity index (χ3n) is 4.31. The average molecular weight is 480 g/mol. The van der Waals surface area contributed by atoms with E-state index in [0.29, 0.717) is 0 Å². The summed E-state index contributed by atoms with van der Waals surface area (Å²) >= 11 is 7.20. The molecule has 3 heteroatoms. The van der Waals surface area contributed by atoms with E-state index < -0.39 is 0 Å². The van der Waals surface area contributed by atoms with Gasteiger partial charge in [-0.1, -0.05) is 92.5 Å². The molecule has 0 amide bonds. The van der Waals surface area contributed by atoms with Gasteiger partial charge in [-0.25, -0.2) is 0 Å². The Morgan fingerprint density at radius 2 is 0.815 bits per heavy atom. The fourth-order valence-corrected chi connectivity index (χ4v) is 3.96. The fourth-order valence-electron chi connectivity index (χ4n) is 2.93. The molecule has 0 aliphatic carbocycles. The third kappa shape index (κ3) is 4.15. The van der Waals surface area contributed by atoms with Gasteiger partial charge in [-0.05, 0) is 58.7 Å². The maximum atomic E-state index is 6.00. The standard InChI is InChI=1S/C24H16Br2O/c25-23-7-3-1-5-21(23)17-9-13-19(14-10-17)27-20-15-11-18(12-16-20)22-6-2-4-8-24(22)26/h1-16H. The van der Waals surface area contributed by atoms with Crippen LogP contribution in [0.5, 0.6) is 11.5 Å². The van der Waals surface area contributed by atoms with Crippen LogP contribution in [0.4, 0.5) is 0 Å². The highest BCUT2D eigenvalue weighted by atomic mass is 79.9. The maximum absolute atomic E-state index is 6.00. The zero-order valence-electron chi connectivity index (χ0n) is 14.4. The normalized spacial score (nSPS) is 10.6. The maximum Gasteiger partial charge on any atom is 0.127 e. The van der Waals surface area contributed by atoms with Crippen molar-refractivity contribution in [3.63, 3.8) is 0 Å². The summed E-state index contributed by atoms with van der Waals surface area (Å²) in [6, 6.07) is 32.7. The minimum Gasteiger partial charge on any atom is -0.457 e. The van der Waals surface area contributed by atoms with Gasteiger partial charge in [-0.15, -0.1) is 0 Å². The molecule has 0 aliphatic rings. The summed E-state index contributed by atoms with van der Waals surface area (Å²) in [6.07, 6.45) is 0. The van der Waals surface area contributed by atoms with Gasteiger partial charge in [0, 0.05) is 8.95 Å². The van der Waals surface area contributed by atoms with Crippen LogP contribution < -0.4 is 4.74 Å². The molecule has 0 fully saturated rings. The van der Waals surface area contributed by atoms with Gasteiger partial charge < -0.3 is 4.74 Å². The zero-order chi connectivity index (χ0) is 18.6. The number of halogens is 2. The molecule has 0 spiro atoms. The van der Waals surface area contributed by atoms with Crippen molar-refractivity contribution in [2.45, 2.75) is 0 Å². The first-order valence-electron chi connectivity index (χ1n) is 8.58. The lowest BCUT2D eigenvalue weighted by Crippen LogP contribution is -1.86. The van der Waals surface area contributed by atoms with Gasteiger partial charge in [0.15, 0.2) is 0 Å². The second-order valence-electron chi connectivity index (χ2n) is 6.11. The smallest absolute Gasteiger partial charge is 0.127 e. The molecule has 0 unspecified atom stereocenters. The number of hydrogen-bond acceptors (Lipinski definition) is 1. The molecule has 0 saturated heterocycles. The van der Waals surface area contributed by atoms with Crippen molar-refractivity contribution in [3.05, 3.63) is 106 Å². The second kappa shape index (κ2) is 8.12. The van der Waals surface area contributed by atoms with E-state index in [1.165, 1.54) is 11.1 Å². The number of benzene rings is 4. The van der Waals surface area contributed by atoms with E-state index >= 15 is 0 Å². The first-order valence-corrected chi connectivity index (χ1v) is 10.2. The molecule has 132 valence electrons. The highest BCUT2D eigenvalue weighted by molar-refractivity contribution is 9.11. The Bertz CT molecular complexity index is 967. The molecule has 0 N–H and O–H groups in total. The van der Waals surface area contributed by atoms with Crippen molar-refractivity contribution in [2.75, 3.05) is 0 Å². The lowest BCUT2D eigenvalue weighted by Gasteiger charge is -2.09. The predicted molar refractivity (Wildman–Crippen MR) is 119 cm³/mol. The molecule has 4 aromatic carbocycles. The molecule has 0 aromatic heterocycles. The van der Waals surface area contributed by atoms with E-state index in [-0.39, 0.29) is 0 Å². The zero-order valence-corrected chi connectivity index (χ0v) is 17.6. The van der Waals surface area contributed by atoms with E-state index in [4.69, 9.17) is 4.74 Å². The molecular weight excluding hydrogens is 464 g/mol. The van der Waals surface area contributed by atoms with Crippen molar-refractivity contribution in [1.29, 1.82) is 0 Å². The van der Waals surface area contributed by atoms with Gasteiger partial charge in [-0.2, -0.15) is 0 Å². The molecule has 0 atom stereocenters. The predicted octanol–water partition coefficient (Wildman–Crippen LogP) is 8.34. The van der Waals surface area contributed by atoms with Gasteiger partial charge in [0.25, 0.3) is 0 Å².